The van der Waals surface area contributed by atoms with Crippen molar-refractivity contribution < 1.29 is 9.53 Å². The summed E-state index contributed by atoms with van der Waals surface area (Å²) in [5.74, 6) is -0.150. The molecular formula is C16H31N3O2. The van der Waals surface area contributed by atoms with Gasteiger partial charge in [-0.15, -0.1) is 0 Å². The van der Waals surface area contributed by atoms with Gasteiger partial charge in [-0.2, -0.15) is 0 Å². The first-order valence-electron chi connectivity index (χ1n) is 8.39. The Morgan fingerprint density at radius 2 is 2.10 bits per heavy atom. The van der Waals surface area contributed by atoms with Gasteiger partial charge in [-0.25, -0.2) is 0 Å². The molecule has 2 saturated heterocycles. The van der Waals surface area contributed by atoms with E-state index in [1.807, 2.05) is 6.92 Å². The summed E-state index contributed by atoms with van der Waals surface area (Å²) in [5.41, 5.74) is -0.599. The monoisotopic (exact) mass is 297 g/mol. The molecule has 2 atom stereocenters. The highest BCUT2D eigenvalue weighted by atomic mass is 16.5. The molecule has 0 bridgehead atoms. The molecule has 0 aliphatic carbocycles. The lowest BCUT2D eigenvalue weighted by Crippen LogP contribution is -2.58. The smallest absolute Gasteiger partial charge is 0.327 e. The summed E-state index contributed by atoms with van der Waals surface area (Å²) in [4.78, 5) is 17.3. The Labute approximate surface area is 129 Å². The van der Waals surface area contributed by atoms with Gasteiger partial charge in [-0.3, -0.25) is 14.6 Å². The Balaban J connectivity index is 1.99. The molecular weight excluding hydrogens is 266 g/mol. The second-order valence-electron chi connectivity index (χ2n) is 6.67. The van der Waals surface area contributed by atoms with E-state index in [-0.39, 0.29) is 5.97 Å². The Morgan fingerprint density at radius 1 is 1.33 bits per heavy atom. The summed E-state index contributed by atoms with van der Waals surface area (Å²) in [6.07, 6.45) is 4.83. The van der Waals surface area contributed by atoms with Gasteiger partial charge in [0.05, 0.1) is 7.11 Å². The van der Waals surface area contributed by atoms with Crippen LogP contribution in [0.3, 0.4) is 0 Å². The van der Waals surface area contributed by atoms with E-state index in [9.17, 15) is 4.79 Å². The molecule has 2 fully saturated rings. The molecule has 2 heterocycles. The van der Waals surface area contributed by atoms with Gasteiger partial charge in [0, 0.05) is 19.1 Å². The minimum atomic E-state index is -0.599. The molecule has 2 aliphatic rings. The van der Waals surface area contributed by atoms with Crippen molar-refractivity contribution in [2.45, 2.75) is 51.1 Å². The number of esters is 1. The van der Waals surface area contributed by atoms with Crippen LogP contribution in [-0.2, 0) is 9.53 Å². The zero-order valence-corrected chi connectivity index (χ0v) is 13.9. The first-order chi connectivity index (χ1) is 10.1. The van der Waals surface area contributed by atoms with Crippen LogP contribution in [0.1, 0.15) is 39.5 Å². The molecule has 0 aromatic carbocycles. The Morgan fingerprint density at radius 3 is 2.81 bits per heavy atom. The van der Waals surface area contributed by atoms with Crippen molar-refractivity contribution in [1.82, 2.24) is 15.1 Å². The van der Waals surface area contributed by atoms with Crippen LogP contribution in [0.15, 0.2) is 0 Å². The molecule has 1 N–H and O–H groups in total. The van der Waals surface area contributed by atoms with Gasteiger partial charge in [0.2, 0.25) is 0 Å². The SMILES string of the molecule is CCCNC(C)(CN1CCCN2CCCC2C1)C(=O)OC. The number of nitrogens with zero attached hydrogens (tertiary/aromatic N) is 2. The second-order valence-corrected chi connectivity index (χ2v) is 6.67. The van der Waals surface area contributed by atoms with Crippen LogP contribution in [0.5, 0.6) is 0 Å². The summed E-state index contributed by atoms with van der Waals surface area (Å²) in [7, 11) is 1.48. The third-order valence-electron chi connectivity index (χ3n) is 4.83. The summed E-state index contributed by atoms with van der Waals surface area (Å²) in [6.45, 7) is 10.3. The molecule has 5 nitrogen and oxygen atoms in total. The molecule has 0 saturated carbocycles. The zero-order chi connectivity index (χ0) is 15.3. The van der Waals surface area contributed by atoms with Crippen molar-refractivity contribution in [2.75, 3.05) is 46.4 Å². The number of hydrogen-bond donors (Lipinski definition) is 1. The first kappa shape index (κ1) is 16.7. The summed E-state index contributed by atoms with van der Waals surface area (Å²) in [6, 6.07) is 0.681. The maximum absolute atomic E-state index is 12.2. The van der Waals surface area contributed by atoms with Crippen LogP contribution in [-0.4, -0.2) is 73.7 Å². The molecule has 0 amide bonds. The Bertz CT molecular complexity index is 350. The fourth-order valence-corrected chi connectivity index (χ4v) is 3.69. The topological polar surface area (TPSA) is 44.8 Å². The highest BCUT2D eigenvalue weighted by Gasteiger charge is 2.37. The van der Waals surface area contributed by atoms with E-state index in [1.54, 1.807) is 0 Å². The number of carbonyl (C=O) groups excluding carboxylic acids is 1. The highest BCUT2D eigenvalue weighted by molar-refractivity contribution is 5.80. The second kappa shape index (κ2) is 7.56. The van der Waals surface area contributed by atoms with Crippen LogP contribution in [0.2, 0.25) is 0 Å². The Hall–Kier alpha value is -0.650. The van der Waals surface area contributed by atoms with E-state index >= 15 is 0 Å². The lowest BCUT2D eigenvalue weighted by molar-refractivity contribution is -0.148. The Kier molecular flexibility index (Phi) is 6.02. The van der Waals surface area contributed by atoms with Crippen molar-refractivity contribution in [2.24, 2.45) is 0 Å². The standard InChI is InChI=1S/C16H31N3O2/c1-4-8-17-16(2,15(20)21-3)13-18-9-6-11-19-10-5-7-14(19)12-18/h14,17H,4-13H2,1-3H3. The van der Waals surface area contributed by atoms with Crippen molar-refractivity contribution in [3.63, 3.8) is 0 Å². The highest BCUT2D eigenvalue weighted by Crippen LogP contribution is 2.22. The summed E-state index contributed by atoms with van der Waals surface area (Å²) in [5, 5.41) is 3.39. The lowest BCUT2D eigenvalue weighted by Gasteiger charge is -2.34. The van der Waals surface area contributed by atoms with E-state index < -0.39 is 5.54 Å². The number of carbonyl (C=O) groups is 1. The van der Waals surface area contributed by atoms with Crippen LogP contribution >= 0.6 is 0 Å². The van der Waals surface area contributed by atoms with E-state index in [1.165, 1.54) is 39.5 Å². The van der Waals surface area contributed by atoms with Crippen LogP contribution < -0.4 is 5.32 Å². The summed E-state index contributed by atoms with van der Waals surface area (Å²) < 4.78 is 5.03. The average molecular weight is 297 g/mol. The zero-order valence-electron chi connectivity index (χ0n) is 13.9. The quantitative estimate of drug-likeness (QED) is 0.744. The van der Waals surface area contributed by atoms with Crippen LogP contribution in [0.4, 0.5) is 0 Å². The van der Waals surface area contributed by atoms with Crippen LogP contribution in [0.25, 0.3) is 0 Å². The van der Waals surface area contributed by atoms with Gasteiger partial charge in [-0.1, -0.05) is 6.92 Å². The van der Waals surface area contributed by atoms with E-state index in [4.69, 9.17) is 4.74 Å². The number of rotatable bonds is 6. The molecule has 2 rings (SSSR count). The fourth-order valence-electron chi connectivity index (χ4n) is 3.69. The first-order valence-corrected chi connectivity index (χ1v) is 8.39. The van der Waals surface area contributed by atoms with Gasteiger partial charge < -0.3 is 10.1 Å². The molecule has 0 spiro atoms. The molecule has 2 aliphatic heterocycles. The van der Waals surface area contributed by atoms with Gasteiger partial charge in [0.15, 0.2) is 0 Å². The van der Waals surface area contributed by atoms with Crippen LogP contribution in [0, 0.1) is 0 Å². The van der Waals surface area contributed by atoms with Crippen molar-refractivity contribution in [1.29, 1.82) is 0 Å². The molecule has 21 heavy (non-hydrogen) atoms. The molecule has 122 valence electrons. The third-order valence-corrected chi connectivity index (χ3v) is 4.83. The van der Waals surface area contributed by atoms with E-state index in [0.29, 0.717) is 6.04 Å². The maximum Gasteiger partial charge on any atom is 0.327 e. The normalized spacial score (nSPS) is 26.9. The number of nitrogens with one attached hydrogen (secondary N) is 1. The molecule has 5 heteroatoms. The van der Waals surface area contributed by atoms with Crippen molar-refractivity contribution >= 4 is 5.97 Å². The molecule has 0 radical (unpaired) electrons. The fraction of sp³-hybridized carbons (Fsp3) is 0.938. The predicted molar refractivity (Wildman–Crippen MR) is 84.4 cm³/mol. The van der Waals surface area contributed by atoms with Gasteiger partial charge in [0.25, 0.3) is 0 Å². The number of hydrogen-bond acceptors (Lipinski definition) is 5. The lowest BCUT2D eigenvalue weighted by atomic mass is 10.0. The van der Waals surface area contributed by atoms with E-state index in [2.05, 4.69) is 22.0 Å². The number of methoxy groups -OCH3 is 1. The molecule has 0 aromatic rings. The summed E-state index contributed by atoms with van der Waals surface area (Å²) >= 11 is 0. The minimum absolute atomic E-state index is 0.150. The van der Waals surface area contributed by atoms with Crippen molar-refractivity contribution in [3.05, 3.63) is 0 Å². The molecule has 0 aromatic heterocycles. The number of ether oxygens (including phenoxy) is 1. The maximum atomic E-state index is 12.2. The van der Waals surface area contributed by atoms with Gasteiger partial charge >= 0.3 is 5.97 Å². The number of fused-ring (bicyclic) bond motifs is 1. The average Bonchev–Trinajstić information content (AvgIpc) is 2.83. The largest absolute Gasteiger partial charge is 0.468 e. The predicted octanol–water partition coefficient (Wildman–Crippen LogP) is 1.09. The van der Waals surface area contributed by atoms with Gasteiger partial charge in [0.1, 0.15) is 5.54 Å². The van der Waals surface area contributed by atoms with Crippen molar-refractivity contribution in [3.8, 4) is 0 Å². The third kappa shape index (κ3) is 4.18. The molecule has 2 unspecified atom stereocenters. The van der Waals surface area contributed by atoms with Gasteiger partial charge in [-0.05, 0) is 58.8 Å². The van der Waals surface area contributed by atoms with E-state index in [0.717, 1.165) is 32.6 Å². The minimum Gasteiger partial charge on any atom is -0.468 e.